The topological polar surface area (TPSA) is 88.3 Å². The third-order valence-corrected chi connectivity index (χ3v) is 4.00. The van der Waals surface area contributed by atoms with Gasteiger partial charge in [0.05, 0.1) is 11.6 Å². The van der Waals surface area contributed by atoms with Gasteiger partial charge < -0.3 is 14.5 Å². The Morgan fingerprint density at radius 3 is 2.57 bits per heavy atom. The molecule has 11 heteroatoms. The second-order valence-corrected chi connectivity index (χ2v) is 6.50. The summed E-state index contributed by atoms with van der Waals surface area (Å²) in [5.41, 5.74) is -4.69. The fourth-order valence-corrected chi connectivity index (χ4v) is 2.46. The number of amides is 1. The lowest BCUT2D eigenvalue weighted by atomic mass is 10.2. The number of halogens is 4. The van der Waals surface area contributed by atoms with E-state index in [9.17, 15) is 26.4 Å². The first-order valence-corrected chi connectivity index (χ1v) is 7.84. The number of rotatable bonds is 4. The molecule has 6 nitrogen and oxygen atoms in total. The van der Waals surface area contributed by atoms with Gasteiger partial charge in [0, 0.05) is 29.6 Å². The molecule has 0 radical (unpaired) electrons. The maximum Gasteiger partial charge on any atom is 0.534 e. The zero-order valence-corrected chi connectivity index (χ0v) is 13.1. The monoisotopic (exact) mass is 370 g/mol. The molecular weight excluding hydrogens is 361 g/mol. The lowest BCUT2D eigenvalue weighted by Crippen LogP contribution is -2.28. The summed E-state index contributed by atoms with van der Waals surface area (Å²) in [5, 5.41) is 2.76. The van der Waals surface area contributed by atoms with Crippen molar-refractivity contribution in [3.63, 3.8) is 0 Å². The van der Waals surface area contributed by atoms with E-state index in [1.807, 2.05) is 0 Å². The molecule has 23 heavy (non-hydrogen) atoms. The average Bonchev–Trinajstić information content (AvgIpc) is 2.77. The van der Waals surface area contributed by atoms with Gasteiger partial charge in [-0.05, 0) is 12.1 Å². The van der Waals surface area contributed by atoms with Gasteiger partial charge in [-0.15, -0.1) is 0 Å². The summed E-state index contributed by atoms with van der Waals surface area (Å²) in [6.07, 6.45) is 0. The van der Waals surface area contributed by atoms with E-state index < -0.39 is 21.4 Å². The van der Waals surface area contributed by atoms with Gasteiger partial charge in [-0.25, -0.2) is 0 Å². The lowest BCUT2D eigenvalue weighted by molar-refractivity contribution is -0.119. The number of benzene rings is 1. The Bertz CT molecular complexity index is 861. The number of alkyl halides is 3. The summed E-state index contributed by atoms with van der Waals surface area (Å²) in [4.78, 5) is 13.7. The van der Waals surface area contributed by atoms with Crippen molar-refractivity contribution < 1.29 is 30.6 Å². The standard InChI is InChI=1S/C12H10ClF3N2O4S/c1-6(19)17-5-8-2-7-3-9(13)11(4-10(7)18-8)22-23(20,21)12(14,15)16/h2-4,18H,5H2,1H3,(H,17,19). The van der Waals surface area contributed by atoms with Gasteiger partial charge in [0.25, 0.3) is 0 Å². The lowest BCUT2D eigenvalue weighted by Gasteiger charge is -2.10. The number of aromatic nitrogens is 1. The number of fused-ring (bicyclic) bond motifs is 1. The van der Waals surface area contributed by atoms with Crippen LogP contribution in [0.3, 0.4) is 0 Å². The molecule has 126 valence electrons. The van der Waals surface area contributed by atoms with E-state index in [1.165, 1.54) is 13.0 Å². The summed E-state index contributed by atoms with van der Waals surface area (Å²) in [5.74, 6) is -0.911. The van der Waals surface area contributed by atoms with Crippen LogP contribution in [0.4, 0.5) is 13.2 Å². The van der Waals surface area contributed by atoms with Crippen molar-refractivity contribution in [2.75, 3.05) is 0 Å². The zero-order valence-electron chi connectivity index (χ0n) is 11.5. The molecule has 1 aromatic heterocycles. The molecule has 1 aromatic carbocycles. The third-order valence-electron chi connectivity index (χ3n) is 2.74. The Morgan fingerprint density at radius 1 is 1.35 bits per heavy atom. The fraction of sp³-hybridized carbons (Fsp3) is 0.250. The van der Waals surface area contributed by atoms with Gasteiger partial charge in [-0.1, -0.05) is 11.6 Å². The van der Waals surface area contributed by atoms with E-state index in [-0.39, 0.29) is 17.5 Å². The van der Waals surface area contributed by atoms with Gasteiger partial charge in [-0.2, -0.15) is 21.6 Å². The highest BCUT2D eigenvalue weighted by molar-refractivity contribution is 7.88. The SMILES string of the molecule is CC(=O)NCc1cc2cc(Cl)c(OS(=O)(=O)C(F)(F)F)cc2[nH]1. The van der Waals surface area contributed by atoms with Crippen molar-refractivity contribution in [3.05, 3.63) is 28.9 Å². The van der Waals surface area contributed by atoms with Crippen molar-refractivity contribution in [1.82, 2.24) is 10.3 Å². The molecule has 0 unspecified atom stereocenters. The quantitative estimate of drug-likeness (QED) is 0.639. The first-order valence-electron chi connectivity index (χ1n) is 6.06. The number of nitrogens with one attached hydrogen (secondary N) is 2. The second kappa shape index (κ2) is 5.93. The highest BCUT2D eigenvalue weighted by atomic mass is 35.5. The molecule has 0 saturated carbocycles. The highest BCUT2D eigenvalue weighted by Crippen LogP contribution is 2.34. The van der Waals surface area contributed by atoms with Crippen LogP contribution in [0.15, 0.2) is 18.2 Å². The van der Waals surface area contributed by atoms with Crippen LogP contribution in [0.1, 0.15) is 12.6 Å². The number of carbonyl (C=O) groups excluding carboxylic acids is 1. The number of hydrogen-bond acceptors (Lipinski definition) is 4. The molecule has 1 amide bonds. The Balaban J connectivity index is 2.36. The molecule has 2 N–H and O–H groups in total. The molecule has 0 aliphatic rings. The maximum atomic E-state index is 12.3. The summed E-state index contributed by atoms with van der Waals surface area (Å²) in [6.45, 7) is 1.49. The van der Waals surface area contributed by atoms with E-state index in [2.05, 4.69) is 14.5 Å². The molecule has 1 heterocycles. The van der Waals surface area contributed by atoms with Crippen molar-refractivity contribution in [3.8, 4) is 5.75 Å². The minimum Gasteiger partial charge on any atom is -0.374 e. The smallest absolute Gasteiger partial charge is 0.374 e. The fourth-order valence-electron chi connectivity index (χ4n) is 1.74. The van der Waals surface area contributed by atoms with E-state index in [0.717, 1.165) is 6.07 Å². The molecular formula is C12H10ClF3N2O4S. The minimum absolute atomic E-state index is 0.165. The van der Waals surface area contributed by atoms with Crippen LogP contribution in [-0.2, 0) is 21.5 Å². The molecule has 2 rings (SSSR count). The largest absolute Gasteiger partial charge is 0.534 e. The highest BCUT2D eigenvalue weighted by Gasteiger charge is 2.48. The molecule has 0 bridgehead atoms. The summed E-state index contributed by atoms with van der Waals surface area (Å²) in [7, 11) is -5.81. The molecule has 0 atom stereocenters. The number of hydrogen-bond donors (Lipinski definition) is 2. The normalized spacial score (nSPS) is 12.4. The number of H-pyrrole nitrogens is 1. The van der Waals surface area contributed by atoms with Crippen LogP contribution in [0.2, 0.25) is 5.02 Å². The van der Waals surface area contributed by atoms with Crippen LogP contribution in [-0.4, -0.2) is 24.8 Å². The van der Waals surface area contributed by atoms with Gasteiger partial charge in [-0.3, -0.25) is 4.79 Å². The first-order chi connectivity index (χ1) is 10.5. The molecule has 0 aliphatic heterocycles. The average molecular weight is 371 g/mol. The van der Waals surface area contributed by atoms with Crippen molar-refractivity contribution >= 4 is 38.5 Å². The molecule has 0 fully saturated rings. The van der Waals surface area contributed by atoms with Crippen molar-refractivity contribution in [2.24, 2.45) is 0 Å². The third kappa shape index (κ3) is 3.88. The van der Waals surface area contributed by atoms with Gasteiger partial charge in [0.15, 0.2) is 5.75 Å². The summed E-state index contributed by atoms with van der Waals surface area (Å²) < 4.78 is 63.1. The predicted octanol–water partition coefficient (Wildman–Crippen LogP) is 2.69. The molecule has 2 aromatic rings. The van der Waals surface area contributed by atoms with E-state index >= 15 is 0 Å². The van der Waals surface area contributed by atoms with E-state index in [0.29, 0.717) is 16.6 Å². The number of aromatic amines is 1. The van der Waals surface area contributed by atoms with Crippen LogP contribution in [0.5, 0.6) is 5.75 Å². The van der Waals surface area contributed by atoms with Gasteiger partial charge in [0.1, 0.15) is 0 Å². The van der Waals surface area contributed by atoms with Gasteiger partial charge in [0.2, 0.25) is 5.91 Å². The van der Waals surface area contributed by atoms with Gasteiger partial charge >= 0.3 is 15.6 Å². The summed E-state index contributed by atoms with van der Waals surface area (Å²) >= 11 is 5.76. The van der Waals surface area contributed by atoms with Crippen LogP contribution in [0.25, 0.3) is 10.9 Å². The second-order valence-electron chi connectivity index (χ2n) is 4.56. The predicted molar refractivity (Wildman–Crippen MR) is 76.4 cm³/mol. The first kappa shape index (κ1) is 17.4. The Hall–Kier alpha value is -1.94. The van der Waals surface area contributed by atoms with Crippen LogP contribution < -0.4 is 9.50 Å². The van der Waals surface area contributed by atoms with Crippen molar-refractivity contribution in [1.29, 1.82) is 0 Å². The molecule has 0 aliphatic carbocycles. The van der Waals surface area contributed by atoms with E-state index in [1.54, 1.807) is 6.07 Å². The Kier molecular flexibility index (Phi) is 4.49. The number of carbonyl (C=O) groups is 1. The molecule has 0 spiro atoms. The Labute approximate surface area is 133 Å². The van der Waals surface area contributed by atoms with Crippen LogP contribution in [0, 0.1) is 0 Å². The Morgan fingerprint density at radius 2 is 2.00 bits per heavy atom. The van der Waals surface area contributed by atoms with Crippen molar-refractivity contribution in [2.45, 2.75) is 19.0 Å². The van der Waals surface area contributed by atoms with E-state index in [4.69, 9.17) is 11.6 Å². The minimum atomic E-state index is -5.81. The molecule has 0 saturated heterocycles. The zero-order chi connectivity index (χ0) is 17.4. The van der Waals surface area contributed by atoms with Crippen LogP contribution >= 0.6 is 11.6 Å². The maximum absolute atomic E-state index is 12.3. The summed E-state index contributed by atoms with van der Waals surface area (Å²) in [6, 6.07) is 3.91.